The number of benzene rings is 1. The number of ether oxygens (including phenoxy) is 2. The third kappa shape index (κ3) is 1.90. The van der Waals surface area contributed by atoms with E-state index in [4.69, 9.17) is 14.6 Å². The van der Waals surface area contributed by atoms with Gasteiger partial charge in [0.1, 0.15) is 19.0 Å². The third-order valence-corrected chi connectivity index (χ3v) is 2.47. The fourth-order valence-electron chi connectivity index (χ4n) is 1.56. The van der Waals surface area contributed by atoms with Crippen LogP contribution in [-0.4, -0.2) is 24.9 Å². The van der Waals surface area contributed by atoms with E-state index >= 15 is 0 Å². The molecule has 1 N–H and O–H groups in total. The maximum atomic E-state index is 13.6. The number of aliphatic hydroxyl groups excluding tert-OH is 1. The van der Waals surface area contributed by atoms with Gasteiger partial charge in [-0.15, -0.1) is 0 Å². The molecule has 1 aliphatic rings. The Morgan fingerprint density at radius 2 is 1.93 bits per heavy atom. The van der Waals surface area contributed by atoms with Crippen molar-refractivity contribution in [2.24, 2.45) is 0 Å². The zero-order chi connectivity index (χ0) is 10.8. The van der Waals surface area contributed by atoms with Gasteiger partial charge in [0.25, 0.3) is 0 Å². The highest BCUT2D eigenvalue weighted by Crippen LogP contribution is 2.34. The molecule has 4 heteroatoms. The molecule has 1 aliphatic heterocycles. The summed E-state index contributed by atoms with van der Waals surface area (Å²) in [6, 6.07) is 2.92. The molecule has 0 aliphatic carbocycles. The molecule has 0 saturated carbocycles. The van der Waals surface area contributed by atoms with Gasteiger partial charge in [0.05, 0.1) is 0 Å². The minimum atomic E-state index is -0.360. The third-order valence-electron chi connectivity index (χ3n) is 2.47. The lowest BCUT2D eigenvalue weighted by Gasteiger charge is -2.20. The van der Waals surface area contributed by atoms with Gasteiger partial charge in [-0.2, -0.15) is 0 Å². The molecule has 2 rings (SSSR count). The maximum Gasteiger partial charge on any atom is 0.164 e. The van der Waals surface area contributed by atoms with E-state index in [0.29, 0.717) is 30.3 Å². The molecular weight excluding hydrogens is 199 g/mol. The Bertz CT molecular complexity index is 365. The Hall–Kier alpha value is -1.29. The Balaban J connectivity index is 2.40. The van der Waals surface area contributed by atoms with Gasteiger partial charge >= 0.3 is 0 Å². The molecule has 1 heterocycles. The van der Waals surface area contributed by atoms with Crippen molar-refractivity contribution >= 4 is 0 Å². The first kappa shape index (κ1) is 10.2. The molecule has 1 unspecified atom stereocenters. The molecule has 82 valence electrons. The Labute approximate surface area is 87.4 Å². The second-order valence-corrected chi connectivity index (χ2v) is 3.60. The van der Waals surface area contributed by atoms with Gasteiger partial charge < -0.3 is 14.6 Å². The molecule has 15 heavy (non-hydrogen) atoms. The molecule has 0 amide bonds. The minimum absolute atomic E-state index is 0.0867. The highest BCUT2D eigenvalue weighted by atomic mass is 19.1. The zero-order valence-electron chi connectivity index (χ0n) is 8.50. The molecular formula is C11H13FO3. The van der Waals surface area contributed by atoms with Gasteiger partial charge in [-0.1, -0.05) is 6.92 Å². The van der Waals surface area contributed by atoms with E-state index in [9.17, 15) is 4.39 Å². The molecule has 0 fully saturated rings. The summed E-state index contributed by atoms with van der Waals surface area (Å²) in [6.07, 6.45) is 0. The summed E-state index contributed by atoms with van der Waals surface area (Å²) < 4.78 is 24.2. The molecule has 1 aromatic carbocycles. The number of aliphatic hydroxyl groups is 1. The highest BCUT2D eigenvalue weighted by molar-refractivity contribution is 5.45. The highest BCUT2D eigenvalue weighted by Gasteiger charge is 2.18. The van der Waals surface area contributed by atoms with Crippen LogP contribution >= 0.6 is 0 Å². The first-order chi connectivity index (χ1) is 7.22. The zero-order valence-corrected chi connectivity index (χ0v) is 8.50. The van der Waals surface area contributed by atoms with Crippen LogP contribution in [-0.2, 0) is 0 Å². The molecule has 0 radical (unpaired) electrons. The first-order valence-electron chi connectivity index (χ1n) is 4.92. The molecule has 0 spiro atoms. The van der Waals surface area contributed by atoms with Gasteiger partial charge in [0.15, 0.2) is 11.5 Å². The van der Waals surface area contributed by atoms with Crippen LogP contribution in [0.5, 0.6) is 11.5 Å². The fraction of sp³-hybridized carbons (Fsp3) is 0.455. The van der Waals surface area contributed by atoms with Crippen LogP contribution in [0.3, 0.4) is 0 Å². The van der Waals surface area contributed by atoms with Crippen LogP contribution < -0.4 is 9.47 Å². The number of hydrogen-bond acceptors (Lipinski definition) is 3. The minimum Gasteiger partial charge on any atom is -0.486 e. The normalized spacial score (nSPS) is 16.2. The van der Waals surface area contributed by atoms with Gasteiger partial charge in [0, 0.05) is 18.6 Å². The SMILES string of the molecule is CC(CO)c1cc2c(cc1F)OCCO2. The average molecular weight is 212 g/mol. The Morgan fingerprint density at radius 1 is 1.33 bits per heavy atom. The van der Waals surface area contributed by atoms with E-state index in [0.717, 1.165) is 0 Å². The van der Waals surface area contributed by atoms with Crippen LogP contribution in [0.15, 0.2) is 12.1 Å². The molecule has 3 nitrogen and oxygen atoms in total. The number of fused-ring (bicyclic) bond motifs is 1. The molecule has 1 atom stereocenters. The van der Waals surface area contributed by atoms with Crippen molar-refractivity contribution in [3.8, 4) is 11.5 Å². The Kier molecular flexibility index (Phi) is 2.77. The number of rotatable bonds is 2. The van der Waals surface area contributed by atoms with Crippen molar-refractivity contribution in [2.45, 2.75) is 12.8 Å². The average Bonchev–Trinajstić information content (AvgIpc) is 2.27. The van der Waals surface area contributed by atoms with Crippen LogP contribution in [0.4, 0.5) is 4.39 Å². The second kappa shape index (κ2) is 4.06. The Morgan fingerprint density at radius 3 is 2.53 bits per heavy atom. The predicted molar refractivity (Wildman–Crippen MR) is 52.9 cm³/mol. The van der Waals surface area contributed by atoms with E-state index in [1.54, 1.807) is 13.0 Å². The first-order valence-corrected chi connectivity index (χ1v) is 4.92. The maximum absolute atomic E-state index is 13.6. The smallest absolute Gasteiger partial charge is 0.164 e. The summed E-state index contributed by atoms with van der Waals surface area (Å²) in [5, 5.41) is 8.98. The topological polar surface area (TPSA) is 38.7 Å². The summed E-state index contributed by atoms with van der Waals surface area (Å²) in [5.41, 5.74) is 0.460. The van der Waals surface area contributed by atoms with E-state index in [-0.39, 0.29) is 18.3 Å². The lowest BCUT2D eigenvalue weighted by Crippen LogP contribution is -2.16. The van der Waals surface area contributed by atoms with Gasteiger partial charge in [-0.25, -0.2) is 4.39 Å². The molecule has 0 saturated heterocycles. The van der Waals surface area contributed by atoms with E-state index in [2.05, 4.69) is 0 Å². The summed E-state index contributed by atoms with van der Waals surface area (Å²) in [4.78, 5) is 0. The summed E-state index contributed by atoms with van der Waals surface area (Å²) in [5.74, 6) is 0.396. The van der Waals surface area contributed by atoms with E-state index in [1.165, 1.54) is 6.07 Å². The summed E-state index contributed by atoms with van der Waals surface area (Å²) in [7, 11) is 0. The monoisotopic (exact) mass is 212 g/mol. The quantitative estimate of drug-likeness (QED) is 0.810. The molecule has 0 bridgehead atoms. The summed E-state index contributed by atoms with van der Waals surface area (Å²) in [6.45, 7) is 2.60. The number of hydrogen-bond donors (Lipinski definition) is 1. The van der Waals surface area contributed by atoms with E-state index in [1.807, 2.05) is 0 Å². The van der Waals surface area contributed by atoms with Crippen molar-refractivity contribution in [1.82, 2.24) is 0 Å². The standard InChI is InChI=1S/C11H13FO3/c1-7(6-13)8-4-10-11(5-9(8)12)15-3-2-14-10/h4-5,7,13H,2-3,6H2,1H3. The lowest BCUT2D eigenvalue weighted by molar-refractivity contribution is 0.170. The van der Waals surface area contributed by atoms with Crippen molar-refractivity contribution in [3.63, 3.8) is 0 Å². The largest absolute Gasteiger partial charge is 0.486 e. The van der Waals surface area contributed by atoms with Crippen molar-refractivity contribution < 1.29 is 19.0 Å². The number of halogens is 1. The van der Waals surface area contributed by atoms with Crippen molar-refractivity contribution in [1.29, 1.82) is 0 Å². The fourth-order valence-corrected chi connectivity index (χ4v) is 1.56. The van der Waals surface area contributed by atoms with Crippen LogP contribution in [0.25, 0.3) is 0 Å². The van der Waals surface area contributed by atoms with Gasteiger partial charge in [-0.3, -0.25) is 0 Å². The second-order valence-electron chi connectivity index (χ2n) is 3.60. The summed E-state index contributed by atoms with van der Waals surface area (Å²) >= 11 is 0. The van der Waals surface area contributed by atoms with Gasteiger partial charge in [-0.05, 0) is 11.6 Å². The van der Waals surface area contributed by atoms with Crippen LogP contribution in [0, 0.1) is 5.82 Å². The van der Waals surface area contributed by atoms with Crippen LogP contribution in [0.2, 0.25) is 0 Å². The van der Waals surface area contributed by atoms with E-state index < -0.39 is 0 Å². The van der Waals surface area contributed by atoms with Crippen LogP contribution in [0.1, 0.15) is 18.4 Å². The van der Waals surface area contributed by atoms with Crippen molar-refractivity contribution in [2.75, 3.05) is 19.8 Å². The van der Waals surface area contributed by atoms with Gasteiger partial charge in [0.2, 0.25) is 0 Å². The predicted octanol–water partition coefficient (Wildman–Crippen LogP) is 1.69. The molecule has 1 aromatic rings. The lowest BCUT2D eigenvalue weighted by atomic mass is 10.0. The molecule has 0 aromatic heterocycles. The van der Waals surface area contributed by atoms with Crippen molar-refractivity contribution in [3.05, 3.63) is 23.5 Å².